The van der Waals surface area contributed by atoms with Crippen LogP contribution in [0.5, 0.6) is 0 Å². The molecular formula is C13H27N. The highest BCUT2D eigenvalue weighted by Gasteiger charge is 2.33. The summed E-state index contributed by atoms with van der Waals surface area (Å²) in [6, 6.07) is 0. The maximum Gasteiger partial charge on any atom is -0.00488 e. The molecule has 1 rings (SSSR count). The van der Waals surface area contributed by atoms with Gasteiger partial charge < -0.3 is 5.73 Å². The third kappa shape index (κ3) is 2.73. The lowest BCUT2D eigenvalue weighted by Crippen LogP contribution is -2.34. The van der Waals surface area contributed by atoms with Gasteiger partial charge in [-0.2, -0.15) is 0 Å². The molecule has 0 aliphatic heterocycles. The third-order valence-corrected chi connectivity index (χ3v) is 4.11. The molecule has 0 spiro atoms. The van der Waals surface area contributed by atoms with Gasteiger partial charge in [0.2, 0.25) is 0 Å². The van der Waals surface area contributed by atoms with Crippen LogP contribution < -0.4 is 5.73 Å². The van der Waals surface area contributed by atoms with Gasteiger partial charge in [0.15, 0.2) is 0 Å². The van der Waals surface area contributed by atoms with Crippen LogP contribution in [0.25, 0.3) is 0 Å². The van der Waals surface area contributed by atoms with Gasteiger partial charge in [0, 0.05) is 0 Å². The van der Waals surface area contributed by atoms with Gasteiger partial charge in [-0.3, -0.25) is 0 Å². The highest BCUT2D eigenvalue weighted by molar-refractivity contribution is 4.83. The predicted octanol–water partition coefficient (Wildman–Crippen LogP) is 3.29. The van der Waals surface area contributed by atoms with E-state index in [-0.39, 0.29) is 0 Å². The van der Waals surface area contributed by atoms with Crippen LogP contribution in [0.3, 0.4) is 0 Å². The molecule has 1 aliphatic rings. The molecule has 0 saturated heterocycles. The number of nitrogens with two attached hydrogens (primary N) is 1. The normalized spacial score (nSPS) is 34.1. The summed E-state index contributed by atoms with van der Waals surface area (Å²) in [6.07, 6.45) is 4.14. The van der Waals surface area contributed by atoms with Crippen molar-refractivity contribution in [2.45, 2.75) is 47.0 Å². The van der Waals surface area contributed by atoms with Crippen LogP contribution in [0.2, 0.25) is 0 Å². The standard InChI is InChI=1S/C13H27N/c1-9(2)12-6-5-11(8-14)7-13(12)10(3)4/h9-13H,5-8,14H2,1-4H3. The Morgan fingerprint density at radius 3 is 2.00 bits per heavy atom. The zero-order valence-electron chi connectivity index (χ0n) is 10.3. The fourth-order valence-corrected chi connectivity index (χ4v) is 3.13. The Bertz CT molecular complexity index is 163. The Morgan fingerprint density at radius 1 is 1.00 bits per heavy atom. The van der Waals surface area contributed by atoms with Crippen LogP contribution in [-0.4, -0.2) is 6.54 Å². The second-order valence-electron chi connectivity index (χ2n) is 5.73. The Kier molecular flexibility index (Phi) is 4.43. The molecule has 1 nitrogen and oxygen atoms in total. The van der Waals surface area contributed by atoms with E-state index < -0.39 is 0 Å². The Balaban J connectivity index is 2.60. The molecule has 1 aliphatic carbocycles. The highest BCUT2D eigenvalue weighted by Crippen LogP contribution is 2.41. The minimum Gasteiger partial charge on any atom is -0.330 e. The van der Waals surface area contributed by atoms with E-state index >= 15 is 0 Å². The molecule has 2 N–H and O–H groups in total. The zero-order valence-corrected chi connectivity index (χ0v) is 10.3. The maximum atomic E-state index is 5.79. The highest BCUT2D eigenvalue weighted by atomic mass is 14.6. The summed E-state index contributed by atoms with van der Waals surface area (Å²) < 4.78 is 0. The monoisotopic (exact) mass is 197 g/mol. The van der Waals surface area contributed by atoms with E-state index in [4.69, 9.17) is 5.73 Å². The summed E-state index contributed by atoms with van der Waals surface area (Å²) in [5.41, 5.74) is 5.79. The fourth-order valence-electron chi connectivity index (χ4n) is 3.13. The van der Waals surface area contributed by atoms with Crippen LogP contribution in [-0.2, 0) is 0 Å². The van der Waals surface area contributed by atoms with Crippen LogP contribution in [0, 0.1) is 29.6 Å². The van der Waals surface area contributed by atoms with Crippen molar-refractivity contribution in [2.24, 2.45) is 35.3 Å². The summed E-state index contributed by atoms with van der Waals surface area (Å²) in [7, 11) is 0. The third-order valence-electron chi connectivity index (χ3n) is 4.11. The van der Waals surface area contributed by atoms with E-state index in [9.17, 15) is 0 Å². The van der Waals surface area contributed by atoms with Gasteiger partial charge in [-0.15, -0.1) is 0 Å². The van der Waals surface area contributed by atoms with Gasteiger partial charge >= 0.3 is 0 Å². The van der Waals surface area contributed by atoms with E-state index in [0.29, 0.717) is 0 Å². The largest absolute Gasteiger partial charge is 0.330 e. The van der Waals surface area contributed by atoms with Crippen molar-refractivity contribution in [1.82, 2.24) is 0 Å². The van der Waals surface area contributed by atoms with Crippen molar-refractivity contribution in [3.8, 4) is 0 Å². The van der Waals surface area contributed by atoms with E-state index in [1.54, 1.807) is 0 Å². The minimum atomic E-state index is 0.803. The molecule has 3 unspecified atom stereocenters. The van der Waals surface area contributed by atoms with E-state index in [1.165, 1.54) is 19.3 Å². The zero-order chi connectivity index (χ0) is 10.7. The summed E-state index contributed by atoms with van der Waals surface area (Å²) in [6.45, 7) is 10.4. The first-order valence-corrected chi connectivity index (χ1v) is 6.26. The van der Waals surface area contributed by atoms with Crippen molar-refractivity contribution in [3.05, 3.63) is 0 Å². The predicted molar refractivity (Wildman–Crippen MR) is 63.1 cm³/mol. The fraction of sp³-hybridized carbons (Fsp3) is 1.00. The van der Waals surface area contributed by atoms with Gasteiger partial charge in [-0.05, 0) is 55.4 Å². The maximum absolute atomic E-state index is 5.79. The van der Waals surface area contributed by atoms with Crippen LogP contribution in [0.4, 0.5) is 0 Å². The van der Waals surface area contributed by atoms with E-state index in [1.807, 2.05) is 0 Å². The summed E-state index contributed by atoms with van der Waals surface area (Å²) >= 11 is 0. The van der Waals surface area contributed by atoms with Crippen LogP contribution in [0.1, 0.15) is 47.0 Å². The molecule has 0 amide bonds. The Hall–Kier alpha value is -0.0400. The molecule has 1 heteroatoms. The van der Waals surface area contributed by atoms with Crippen molar-refractivity contribution < 1.29 is 0 Å². The van der Waals surface area contributed by atoms with E-state index in [2.05, 4.69) is 27.7 Å². The van der Waals surface area contributed by atoms with Gasteiger partial charge in [0.1, 0.15) is 0 Å². The molecule has 0 heterocycles. The average molecular weight is 197 g/mol. The molecular weight excluding hydrogens is 170 g/mol. The second-order valence-corrected chi connectivity index (χ2v) is 5.73. The number of hydrogen-bond donors (Lipinski definition) is 1. The lowest BCUT2D eigenvalue weighted by Gasteiger charge is -2.40. The molecule has 14 heavy (non-hydrogen) atoms. The Morgan fingerprint density at radius 2 is 1.57 bits per heavy atom. The quantitative estimate of drug-likeness (QED) is 0.738. The van der Waals surface area contributed by atoms with Crippen molar-refractivity contribution in [1.29, 1.82) is 0 Å². The first-order chi connectivity index (χ1) is 6.56. The molecule has 0 bridgehead atoms. The van der Waals surface area contributed by atoms with Gasteiger partial charge in [0.05, 0.1) is 0 Å². The van der Waals surface area contributed by atoms with Crippen molar-refractivity contribution >= 4 is 0 Å². The molecule has 0 aromatic rings. The first-order valence-electron chi connectivity index (χ1n) is 6.26. The van der Waals surface area contributed by atoms with Gasteiger partial charge in [-0.25, -0.2) is 0 Å². The summed E-state index contributed by atoms with van der Waals surface area (Å²) in [5, 5.41) is 0. The minimum absolute atomic E-state index is 0.803. The Labute approximate surface area is 89.5 Å². The SMILES string of the molecule is CC(C)C1CCC(CN)CC1C(C)C. The van der Waals surface area contributed by atoms with Crippen LogP contribution >= 0.6 is 0 Å². The second kappa shape index (κ2) is 5.16. The lowest BCUT2D eigenvalue weighted by atomic mass is 9.66. The van der Waals surface area contributed by atoms with E-state index in [0.717, 1.165) is 36.1 Å². The number of rotatable bonds is 3. The molecule has 84 valence electrons. The van der Waals surface area contributed by atoms with Crippen molar-refractivity contribution in [3.63, 3.8) is 0 Å². The van der Waals surface area contributed by atoms with Crippen molar-refractivity contribution in [2.75, 3.05) is 6.54 Å². The average Bonchev–Trinajstić information content (AvgIpc) is 2.16. The molecule has 3 atom stereocenters. The molecule has 0 aromatic heterocycles. The summed E-state index contributed by atoms with van der Waals surface area (Å²) in [5.74, 6) is 4.34. The van der Waals surface area contributed by atoms with Gasteiger partial charge in [0.25, 0.3) is 0 Å². The molecule has 1 saturated carbocycles. The summed E-state index contributed by atoms with van der Waals surface area (Å²) in [4.78, 5) is 0. The lowest BCUT2D eigenvalue weighted by molar-refractivity contribution is 0.102. The first kappa shape index (κ1) is 12.0. The van der Waals surface area contributed by atoms with Gasteiger partial charge in [-0.1, -0.05) is 27.7 Å². The molecule has 1 fully saturated rings. The molecule has 0 radical (unpaired) electrons. The van der Waals surface area contributed by atoms with Crippen LogP contribution in [0.15, 0.2) is 0 Å². The topological polar surface area (TPSA) is 26.0 Å². The number of hydrogen-bond acceptors (Lipinski definition) is 1. The smallest absolute Gasteiger partial charge is 0.00488 e. The molecule has 0 aromatic carbocycles.